The number of piperidine rings is 1. The largest absolute Gasteiger partial charge is 0.622 e. The van der Waals surface area contributed by atoms with E-state index >= 15 is 0 Å². The molecule has 6 heteroatoms. The first-order valence-electron chi connectivity index (χ1n) is 6.48. The normalized spacial score (nSPS) is 36.0. The fourth-order valence-electron chi connectivity index (χ4n) is 2.17. The van der Waals surface area contributed by atoms with Crippen LogP contribution in [0.5, 0.6) is 0 Å². The summed E-state index contributed by atoms with van der Waals surface area (Å²) >= 11 is 1.37. The van der Waals surface area contributed by atoms with Gasteiger partial charge in [0.15, 0.2) is 0 Å². The SMILES string of the molecule is CC1CCO[P+]([O-])(SCCN2CCCCC2)O1. The molecule has 2 saturated heterocycles. The molecule has 0 aromatic rings. The van der Waals surface area contributed by atoms with Gasteiger partial charge in [0.1, 0.15) is 6.10 Å². The van der Waals surface area contributed by atoms with Crippen LogP contribution in [0.25, 0.3) is 0 Å². The van der Waals surface area contributed by atoms with Crippen LogP contribution in [-0.2, 0) is 9.05 Å². The number of hydrogen-bond donors (Lipinski definition) is 0. The van der Waals surface area contributed by atoms with Gasteiger partial charge in [-0.3, -0.25) is 0 Å². The number of rotatable bonds is 4. The maximum atomic E-state index is 12.2. The van der Waals surface area contributed by atoms with E-state index in [1.165, 1.54) is 43.7 Å². The lowest BCUT2D eigenvalue weighted by molar-refractivity contribution is -0.219. The lowest BCUT2D eigenvalue weighted by Gasteiger charge is -2.33. The van der Waals surface area contributed by atoms with Crippen molar-refractivity contribution in [3.05, 3.63) is 0 Å². The van der Waals surface area contributed by atoms with Crippen LogP contribution >= 0.6 is 18.5 Å². The molecule has 2 aliphatic rings. The van der Waals surface area contributed by atoms with Crippen molar-refractivity contribution in [2.75, 3.05) is 32.0 Å². The fourth-order valence-corrected chi connectivity index (χ4v) is 5.79. The van der Waals surface area contributed by atoms with Crippen LogP contribution in [0.3, 0.4) is 0 Å². The predicted octanol–water partition coefficient (Wildman–Crippen LogP) is 2.07. The van der Waals surface area contributed by atoms with E-state index in [4.69, 9.17) is 9.05 Å². The second-order valence-corrected chi connectivity index (χ2v) is 8.87. The fraction of sp³-hybridized carbons (Fsp3) is 1.00. The molecule has 2 atom stereocenters. The zero-order valence-electron chi connectivity index (χ0n) is 10.5. The molecule has 100 valence electrons. The first-order chi connectivity index (χ1) is 8.18. The molecule has 0 saturated carbocycles. The highest BCUT2D eigenvalue weighted by Gasteiger charge is 2.38. The summed E-state index contributed by atoms with van der Waals surface area (Å²) in [6.45, 7) is 5.89. The van der Waals surface area contributed by atoms with Crippen LogP contribution in [0.2, 0.25) is 0 Å². The summed E-state index contributed by atoms with van der Waals surface area (Å²) in [7, 11) is -2.85. The molecule has 2 rings (SSSR count). The van der Waals surface area contributed by atoms with E-state index in [0.29, 0.717) is 6.61 Å². The zero-order chi connectivity index (χ0) is 12.1. The Morgan fingerprint density at radius 1 is 1.35 bits per heavy atom. The Morgan fingerprint density at radius 3 is 2.82 bits per heavy atom. The molecule has 2 heterocycles. The van der Waals surface area contributed by atoms with Crippen molar-refractivity contribution in [3.8, 4) is 0 Å². The summed E-state index contributed by atoms with van der Waals surface area (Å²) in [6.07, 6.45) is 4.86. The third kappa shape index (κ3) is 4.66. The maximum Gasteiger partial charge on any atom is 0.299 e. The van der Waals surface area contributed by atoms with E-state index in [1.54, 1.807) is 0 Å². The van der Waals surface area contributed by atoms with Gasteiger partial charge >= 0.3 is 0 Å². The molecule has 0 N–H and O–H groups in total. The molecule has 4 nitrogen and oxygen atoms in total. The van der Waals surface area contributed by atoms with E-state index in [0.717, 1.165) is 18.7 Å². The Labute approximate surface area is 108 Å². The molecule has 2 aliphatic heterocycles. The van der Waals surface area contributed by atoms with Crippen LogP contribution in [0, 0.1) is 0 Å². The van der Waals surface area contributed by atoms with E-state index in [9.17, 15) is 4.89 Å². The van der Waals surface area contributed by atoms with Crippen molar-refractivity contribution >= 4 is 18.5 Å². The summed E-state index contributed by atoms with van der Waals surface area (Å²) < 4.78 is 10.7. The van der Waals surface area contributed by atoms with E-state index < -0.39 is 7.15 Å². The molecule has 0 radical (unpaired) electrons. The van der Waals surface area contributed by atoms with Gasteiger partial charge in [0, 0.05) is 18.7 Å². The van der Waals surface area contributed by atoms with Gasteiger partial charge < -0.3 is 9.79 Å². The summed E-state index contributed by atoms with van der Waals surface area (Å²) in [6, 6.07) is 0. The monoisotopic (exact) mass is 279 g/mol. The van der Waals surface area contributed by atoms with Crippen molar-refractivity contribution in [2.24, 2.45) is 0 Å². The molecule has 2 unspecified atom stereocenters. The third-order valence-corrected chi connectivity index (χ3v) is 7.06. The van der Waals surface area contributed by atoms with Gasteiger partial charge in [0.05, 0.1) is 18.0 Å². The molecular formula is C11H22NO3PS. The van der Waals surface area contributed by atoms with Crippen LogP contribution in [-0.4, -0.2) is 43.0 Å². The Balaban J connectivity index is 1.66. The molecule has 0 spiro atoms. The Bertz CT molecular complexity index is 241. The second kappa shape index (κ2) is 6.69. The first kappa shape index (κ1) is 14.0. The van der Waals surface area contributed by atoms with Crippen LogP contribution in [0.4, 0.5) is 0 Å². The van der Waals surface area contributed by atoms with E-state index in [-0.39, 0.29) is 6.10 Å². The van der Waals surface area contributed by atoms with Gasteiger partial charge in [-0.15, -0.1) is 0 Å². The molecule has 0 aromatic heterocycles. The van der Waals surface area contributed by atoms with Gasteiger partial charge in [-0.1, -0.05) is 6.42 Å². The van der Waals surface area contributed by atoms with Crippen LogP contribution < -0.4 is 4.89 Å². The Hall–Kier alpha value is 0.620. The van der Waals surface area contributed by atoms with Gasteiger partial charge in [-0.2, -0.15) is 9.05 Å². The van der Waals surface area contributed by atoms with Crippen molar-refractivity contribution in [1.82, 2.24) is 4.90 Å². The molecule has 0 bridgehead atoms. The summed E-state index contributed by atoms with van der Waals surface area (Å²) in [5.74, 6) is 0.837. The summed E-state index contributed by atoms with van der Waals surface area (Å²) in [5.41, 5.74) is 0. The highest BCUT2D eigenvalue weighted by Crippen LogP contribution is 2.66. The average molecular weight is 279 g/mol. The maximum absolute atomic E-state index is 12.2. The molecule has 17 heavy (non-hydrogen) atoms. The zero-order valence-corrected chi connectivity index (χ0v) is 12.2. The Kier molecular flexibility index (Phi) is 5.52. The molecule has 0 aliphatic carbocycles. The smallest absolute Gasteiger partial charge is 0.299 e. The summed E-state index contributed by atoms with van der Waals surface area (Å²) in [5, 5.41) is 0. The number of nitrogens with zero attached hydrogens (tertiary/aromatic N) is 1. The Morgan fingerprint density at radius 2 is 2.12 bits per heavy atom. The van der Waals surface area contributed by atoms with Crippen molar-refractivity contribution in [3.63, 3.8) is 0 Å². The van der Waals surface area contributed by atoms with Crippen molar-refractivity contribution in [2.45, 2.75) is 38.7 Å². The molecule has 0 amide bonds. The van der Waals surface area contributed by atoms with Gasteiger partial charge in [-0.25, -0.2) is 0 Å². The predicted molar refractivity (Wildman–Crippen MR) is 70.8 cm³/mol. The average Bonchev–Trinajstić information content (AvgIpc) is 2.30. The van der Waals surface area contributed by atoms with Gasteiger partial charge in [0.25, 0.3) is 7.15 Å². The molecule has 0 aromatic carbocycles. The lowest BCUT2D eigenvalue weighted by Crippen LogP contribution is -2.32. The van der Waals surface area contributed by atoms with Crippen LogP contribution in [0.15, 0.2) is 0 Å². The third-order valence-electron chi connectivity index (χ3n) is 3.19. The molecular weight excluding hydrogens is 257 g/mol. The number of likely N-dealkylation sites (tertiary alicyclic amines) is 1. The van der Waals surface area contributed by atoms with E-state index in [1.807, 2.05) is 6.92 Å². The highest BCUT2D eigenvalue weighted by molar-refractivity contribution is 8.57. The minimum atomic E-state index is -2.85. The minimum absolute atomic E-state index is 0.0667. The van der Waals surface area contributed by atoms with Gasteiger partial charge in [-0.05, 0) is 32.9 Å². The van der Waals surface area contributed by atoms with Gasteiger partial charge in [0.2, 0.25) is 0 Å². The van der Waals surface area contributed by atoms with Crippen LogP contribution in [0.1, 0.15) is 32.6 Å². The summed E-state index contributed by atoms with van der Waals surface area (Å²) in [4.78, 5) is 14.6. The van der Waals surface area contributed by atoms with E-state index in [2.05, 4.69) is 4.90 Å². The lowest BCUT2D eigenvalue weighted by atomic mass is 10.1. The molecule has 2 fully saturated rings. The quantitative estimate of drug-likeness (QED) is 0.737. The number of hydrogen-bond acceptors (Lipinski definition) is 5. The first-order valence-corrected chi connectivity index (χ1v) is 9.61. The second-order valence-electron chi connectivity index (χ2n) is 4.72. The topological polar surface area (TPSA) is 44.8 Å². The highest BCUT2D eigenvalue weighted by atomic mass is 32.7. The standard InChI is InChI=1S/C11H22NO3PS/c1-11-5-9-14-16(13,15-11)17-10-8-12-6-3-2-4-7-12/h11H,2-10H2,1H3. The minimum Gasteiger partial charge on any atom is -0.622 e. The van der Waals surface area contributed by atoms with Crippen molar-refractivity contribution in [1.29, 1.82) is 0 Å². The van der Waals surface area contributed by atoms with Crippen molar-refractivity contribution < 1.29 is 13.9 Å².